The van der Waals surface area contributed by atoms with Gasteiger partial charge in [0.1, 0.15) is 5.82 Å². The fourth-order valence-electron chi connectivity index (χ4n) is 5.58. The molecule has 0 fully saturated rings. The van der Waals surface area contributed by atoms with E-state index in [2.05, 4.69) is 149 Å². The van der Waals surface area contributed by atoms with Gasteiger partial charge in [-0.25, -0.2) is 4.98 Å². The monoisotopic (exact) mass is 517 g/mol. The van der Waals surface area contributed by atoms with Crippen molar-refractivity contribution in [3.8, 4) is 38.0 Å². The number of rotatable bonds is 4. The van der Waals surface area contributed by atoms with E-state index in [4.69, 9.17) is 4.98 Å². The van der Waals surface area contributed by atoms with Gasteiger partial charge in [0.05, 0.1) is 28.1 Å². The molecule has 3 heterocycles. The number of anilines is 3. The van der Waals surface area contributed by atoms with Crippen molar-refractivity contribution in [2.75, 3.05) is 4.90 Å². The molecule has 7 aromatic rings. The van der Waals surface area contributed by atoms with E-state index in [-0.39, 0.29) is 0 Å². The molecule has 0 amide bonds. The SMILES string of the molecule is c1ccc(-c2ccc(-c3ccc(-c4nc5cccc6c5n4-c4ccccc4N6c4ccccc4)cc3)s2)cc1. The number of thiophene rings is 1. The minimum absolute atomic E-state index is 0.959. The van der Waals surface area contributed by atoms with Gasteiger partial charge in [-0.15, -0.1) is 11.3 Å². The number of para-hydroxylation sites is 4. The quantitative estimate of drug-likeness (QED) is 0.232. The number of nitrogens with zero attached hydrogens (tertiary/aromatic N) is 3. The van der Waals surface area contributed by atoms with E-state index in [1.165, 1.54) is 20.9 Å². The van der Waals surface area contributed by atoms with Crippen LogP contribution in [0.4, 0.5) is 17.1 Å². The Morgan fingerprint density at radius 2 is 1.05 bits per heavy atom. The van der Waals surface area contributed by atoms with Gasteiger partial charge >= 0.3 is 0 Å². The summed E-state index contributed by atoms with van der Waals surface area (Å²) in [5.41, 5.74) is 10.3. The summed E-state index contributed by atoms with van der Waals surface area (Å²) >= 11 is 1.83. The second-order valence-electron chi connectivity index (χ2n) is 9.68. The van der Waals surface area contributed by atoms with Crippen LogP contribution in [0.2, 0.25) is 0 Å². The van der Waals surface area contributed by atoms with E-state index < -0.39 is 0 Å². The predicted molar refractivity (Wildman–Crippen MR) is 163 cm³/mol. The van der Waals surface area contributed by atoms with E-state index in [0.29, 0.717) is 0 Å². The minimum atomic E-state index is 0.959. The maximum Gasteiger partial charge on any atom is 0.145 e. The first kappa shape index (κ1) is 22.1. The third-order valence-corrected chi connectivity index (χ3v) is 8.55. The van der Waals surface area contributed by atoms with Crippen LogP contribution >= 0.6 is 11.3 Å². The van der Waals surface area contributed by atoms with Crippen molar-refractivity contribution in [3.63, 3.8) is 0 Å². The van der Waals surface area contributed by atoms with Crippen LogP contribution in [-0.4, -0.2) is 9.55 Å². The van der Waals surface area contributed by atoms with Gasteiger partial charge in [0, 0.05) is 21.0 Å². The van der Waals surface area contributed by atoms with Crippen LogP contribution in [0.25, 0.3) is 49.0 Å². The Hall–Kier alpha value is -4.93. The van der Waals surface area contributed by atoms with Crippen LogP contribution < -0.4 is 4.90 Å². The molecular weight excluding hydrogens is 494 g/mol. The summed E-state index contributed by atoms with van der Waals surface area (Å²) in [6.45, 7) is 0. The lowest BCUT2D eigenvalue weighted by atomic mass is 10.1. The van der Waals surface area contributed by atoms with Gasteiger partial charge in [0.2, 0.25) is 0 Å². The summed E-state index contributed by atoms with van der Waals surface area (Å²) in [5.74, 6) is 0.959. The molecule has 4 heteroatoms. The van der Waals surface area contributed by atoms with Gasteiger partial charge in [-0.1, -0.05) is 91.0 Å². The summed E-state index contributed by atoms with van der Waals surface area (Å²) in [5, 5.41) is 0. The van der Waals surface area contributed by atoms with Crippen LogP contribution in [0, 0.1) is 0 Å². The average molecular weight is 518 g/mol. The lowest BCUT2D eigenvalue weighted by molar-refractivity contribution is 1.06. The first-order chi connectivity index (χ1) is 19.3. The third kappa shape index (κ3) is 3.53. The zero-order valence-corrected chi connectivity index (χ0v) is 21.8. The fraction of sp³-hybridized carbons (Fsp3) is 0. The second-order valence-corrected chi connectivity index (χ2v) is 10.8. The van der Waals surface area contributed by atoms with Gasteiger partial charge in [-0.05, 0) is 59.7 Å². The Bertz CT molecular complexity index is 1950. The van der Waals surface area contributed by atoms with E-state index in [1.54, 1.807) is 0 Å². The zero-order chi connectivity index (χ0) is 25.8. The topological polar surface area (TPSA) is 21.1 Å². The van der Waals surface area contributed by atoms with Crippen molar-refractivity contribution in [1.82, 2.24) is 9.55 Å². The lowest BCUT2D eigenvalue weighted by Crippen LogP contribution is -2.18. The summed E-state index contributed by atoms with van der Waals surface area (Å²) in [7, 11) is 0. The Morgan fingerprint density at radius 1 is 0.462 bits per heavy atom. The van der Waals surface area contributed by atoms with Crippen molar-refractivity contribution < 1.29 is 0 Å². The largest absolute Gasteiger partial charge is 0.306 e. The molecule has 0 unspecified atom stereocenters. The molecular formula is C35H23N3S. The van der Waals surface area contributed by atoms with Gasteiger partial charge in [0.15, 0.2) is 0 Å². The fourth-order valence-corrected chi connectivity index (χ4v) is 6.60. The van der Waals surface area contributed by atoms with E-state index in [1.807, 2.05) is 11.3 Å². The molecule has 0 saturated heterocycles. The summed E-state index contributed by atoms with van der Waals surface area (Å²) in [4.78, 5) is 10.1. The van der Waals surface area contributed by atoms with Gasteiger partial charge in [-0.3, -0.25) is 4.57 Å². The summed E-state index contributed by atoms with van der Waals surface area (Å²) in [6, 6.07) is 49.4. The highest BCUT2D eigenvalue weighted by Crippen LogP contribution is 2.48. The molecule has 8 rings (SSSR count). The maximum atomic E-state index is 5.17. The normalized spacial score (nSPS) is 12.1. The molecule has 3 nitrogen and oxygen atoms in total. The van der Waals surface area contributed by atoms with E-state index in [9.17, 15) is 0 Å². The molecule has 2 aromatic heterocycles. The first-order valence-corrected chi connectivity index (χ1v) is 13.9. The average Bonchev–Trinajstić information content (AvgIpc) is 3.66. The van der Waals surface area contributed by atoms with Crippen LogP contribution in [0.1, 0.15) is 0 Å². The van der Waals surface area contributed by atoms with Crippen LogP contribution in [0.5, 0.6) is 0 Å². The molecule has 0 atom stereocenters. The van der Waals surface area contributed by atoms with Crippen LogP contribution in [0.15, 0.2) is 140 Å². The van der Waals surface area contributed by atoms with Crippen LogP contribution in [0.3, 0.4) is 0 Å². The Kier molecular flexibility index (Phi) is 5.00. The molecule has 5 aromatic carbocycles. The summed E-state index contributed by atoms with van der Waals surface area (Å²) < 4.78 is 2.33. The highest BCUT2D eigenvalue weighted by molar-refractivity contribution is 7.18. The van der Waals surface area contributed by atoms with Gasteiger partial charge < -0.3 is 4.90 Å². The van der Waals surface area contributed by atoms with Crippen molar-refractivity contribution >= 4 is 39.4 Å². The van der Waals surface area contributed by atoms with E-state index in [0.717, 1.165) is 45.2 Å². The van der Waals surface area contributed by atoms with Crippen LogP contribution in [-0.2, 0) is 0 Å². The smallest absolute Gasteiger partial charge is 0.145 e. The number of hydrogen-bond acceptors (Lipinski definition) is 3. The molecule has 0 bridgehead atoms. The minimum Gasteiger partial charge on any atom is -0.306 e. The molecule has 0 spiro atoms. The predicted octanol–water partition coefficient (Wildman–Crippen LogP) is 9.87. The van der Waals surface area contributed by atoms with Crippen molar-refractivity contribution in [3.05, 3.63) is 140 Å². The zero-order valence-electron chi connectivity index (χ0n) is 21.0. The third-order valence-electron chi connectivity index (χ3n) is 7.37. The molecule has 0 saturated carbocycles. The Labute approximate surface area is 230 Å². The highest BCUT2D eigenvalue weighted by atomic mass is 32.1. The highest BCUT2D eigenvalue weighted by Gasteiger charge is 2.29. The standard InChI is InChI=1S/C35H23N3S/c1-3-10-24(11-4-1)32-22-23-33(39-32)25-18-20-26(21-19-25)35-36-28-14-9-17-31-34(28)38(35)30-16-8-7-15-29(30)37(31)27-12-5-2-6-13-27/h1-23H. The van der Waals surface area contributed by atoms with E-state index >= 15 is 0 Å². The Morgan fingerprint density at radius 3 is 1.79 bits per heavy atom. The van der Waals surface area contributed by atoms with Crippen molar-refractivity contribution in [2.45, 2.75) is 0 Å². The molecule has 184 valence electrons. The summed E-state index contributed by atoms with van der Waals surface area (Å²) in [6.07, 6.45) is 0. The molecule has 1 aliphatic rings. The Balaban J connectivity index is 1.25. The molecule has 1 aliphatic heterocycles. The number of imidazole rings is 1. The maximum absolute atomic E-state index is 5.17. The van der Waals surface area contributed by atoms with Gasteiger partial charge in [0.25, 0.3) is 0 Å². The molecule has 0 radical (unpaired) electrons. The molecule has 0 N–H and O–H groups in total. The lowest BCUT2D eigenvalue weighted by Gasteiger charge is -2.32. The molecule has 39 heavy (non-hydrogen) atoms. The first-order valence-electron chi connectivity index (χ1n) is 13.1. The number of benzene rings is 5. The van der Waals surface area contributed by atoms with Gasteiger partial charge in [-0.2, -0.15) is 0 Å². The molecule has 0 aliphatic carbocycles. The number of hydrogen-bond donors (Lipinski definition) is 0. The second kappa shape index (κ2) is 8.83. The number of fused-ring (bicyclic) bond motifs is 2. The number of aromatic nitrogens is 2. The van der Waals surface area contributed by atoms with Crippen molar-refractivity contribution in [2.24, 2.45) is 0 Å². The van der Waals surface area contributed by atoms with Crippen molar-refractivity contribution in [1.29, 1.82) is 0 Å².